The average Bonchev–Trinajstić information content (AvgIpc) is 2.50. The van der Waals surface area contributed by atoms with Crippen LogP contribution >= 0.6 is 11.8 Å². The quantitative estimate of drug-likeness (QED) is 0.581. The van der Waals surface area contributed by atoms with Crippen molar-refractivity contribution < 1.29 is 19.8 Å². The molecule has 0 aromatic carbocycles. The SMILES string of the molecule is CCN1C(=O)C(SC[C@H](N)C(=O)O)CC1O. The van der Waals surface area contributed by atoms with Crippen LogP contribution in [0.3, 0.4) is 0 Å². The lowest BCUT2D eigenvalue weighted by Crippen LogP contribution is -2.35. The molecular formula is C9H16N2O4S. The molecule has 3 atom stereocenters. The second-order valence-corrected chi connectivity index (χ2v) is 4.84. The molecule has 0 aliphatic carbocycles. The number of thioether (sulfide) groups is 1. The zero-order valence-electron chi connectivity index (χ0n) is 9.00. The summed E-state index contributed by atoms with van der Waals surface area (Å²) in [4.78, 5) is 23.6. The van der Waals surface area contributed by atoms with Gasteiger partial charge < -0.3 is 20.8 Å². The minimum absolute atomic E-state index is 0.141. The number of carboxylic acids is 1. The lowest BCUT2D eigenvalue weighted by molar-refractivity contribution is -0.138. The predicted molar refractivity (Wildman–Crippen MR) is 59.9 cm³/mol. The second kappa shape index (κ2) is 5.51. The highest BCUT2D eigenvalue weighted by Gasteiger charge is 2.38. The number of likely N-dealkylation sites (tertiary alicyclic amines) is 1. The first-order valence-corrected chi connectivity index (χ1v) is 6.10. The van der Waals surface area contributed by atoms with E-state index in [4.69, 9.17) is 10.8 Å². The van der Waals surface area contributed by atoms with Crippen LogP contribution in [0.2, 0.25) is 0 Å². The van der Waals surface area contributed by atoms with Crippen molar-refractivity contribution >= 4 is 23.6 Å². The number of aliphatic hydroxyl groups excluding tert-OH is 1. The van der Waals surface area contributed by atoms with E-state index in [1.807, 2.05) is 0 Å². The molecule has 7 heteroatoms. The molecule has 2 unspecified atom stereocenters. The van der Waals surface area contributed by atoms with Crippen molar-refractivity contribution in [3.05, 3.63) is 0 Å². The van der Waals surface area contributed by atoms with Gasteiger partial charge >= 0.3 is 5.97 Å². The van der Waals surface area contributed by atoms with Gasteiger partial charge in [0.05, 0.1) is 5.25 Å². The predicted octanol–water partition coefficient (Wildman–Crippen LogP) is -0.929. The molecule has 1 aliphatic heterocycles. The Bertz CT molecular complexity index is 287. The van der Waals surface area contributed by atoms with Gasteiger partial charge in [-0.3, -0.25) is 9.59 Å². The number of aliphatic carboxylic acids is 1. The second-order valence-electron chi connectivity index (χ2n) is 3.61. The molecule has 1 heterocycles. The number of amides is 1. The van der Waals surface area contributed by atoms with E-state index in [-0.39, 0.29) is 16.9 Å². The summed E-state index contributed by atoms with van der Waals surface area (Å²) in [5.74, 6) is -1.04. The standard InChI is InChI=1S/C9H16N2O4S/c1-2-11-7(12)3-6(8(11)13)16-4-5(10)9(14)15/h5-7,12H,2-4,10H2,1H3,(H,14,15)/t5-,6?,7?/m0/s1. The van der Waals surface area contributed by atoms with Gasteiger partial charge in [-0.2, -0.15) is 0 Å². The molecule has 0 radical (unpaired) electrons. The maximum atomic E-state index is 11.7. The number of hydrogen-bond acceptors (Lipinski definition) is 5. The lowest BCUT2D eigenvalue weighted by atomic mass is 10.3. The minimum Gasteiger partial charge on any atom is -0.480 e. The molecule has 1 aliphatic rings. The lowest BCUT2D eigenvalue weighted by Gasteiger charge is -2.17. The van der Waals surface area contributed by atoms with Crippen LogP contribution in [0.1, 0.15) is 13.3 Å². The van der Waals surface area contributed by atoms with Crippen molar-refractivity contribution in [2.75, 3.05) is 12.3 Å². The maximum absolute atomic E-state index is 11.7. The smallest absolute Gasteiger partial charge is 0.321 e. The molecule has 92 valence electrons. The summed E-state index contributed by atoms with van der Waals surface area (Å²) in [5.41, 5.74) is 5.33. The van der Waals surface area contributed by atoms with Crippen LogP contribution < -0.4 is 5.73 Å². The fraction of sp³-hybridized carbons (Fsp3) is 0.778. The van der Waals surface area contributed by atoms with Crippen LogP contribution in [0.5, 0.6) is 0 Å². The number of rotatable bonds is 5. The van der Waals surface area contributed by atoms with Crippen LogP contribution in [0, 0.1) is 0 Å². The van der Waals surface area contributed by atoms with Crippen LogP contribution in [-0.2, 0) is 9.59 Å². The Labute approximate surface area is 97.8 Å². The van der Waals surface area contributed by atoms with Crippen LogP contribution in [0.15, 0.2) is 0 Å². The van der Waals surface area contributed by atoms with E-state index < -0.39 is 18.2 Å². The van der Waals surface area contributed by atoms with E-state index in [0.29, 0.717) is 13.0 Å². The number of nitrogens with two attached hydrogens (primary N) is 1. The van der Waals surface area contributed by atoms with Gasteiger partial charge in [0.1, 0.15) is 12.3 Å². The van der Waals surface area contributed by atoms with Gasteiger partial charge in [-0.25, -0.2) is 0 Å². The number of carbonyl (C=O) groups excluding carboxylic acids is 1. The molecule has 0 aromatic heterocycles. The van der Waals surface area contributed by atoms with E-state index >= 15 is 0 Å². The zero-order chi connectivity index (χ0) is 12.3. The summed E-state index contributed by atoms with van der Waals surface area (Å²) in [6.45, 7) is 2.25. The summed E-state index contributed by atoms with van der Waals surface area (Å²) in [6, 6.07) is -0.967. The number of carbonyl (C=O) groups is 2. The Morgan fingerprint density at radius 2 is 2.38 bits per heavy atom. The summed E-state index contributed by atoms with van der Waals surface area (Å²) in [5, 5.41) is 17.8. The molecule has 0 bridgehead atoms. The monoisotopic (exact) mass is 248 g/mol. The molecule has 0 aromatic rings. The minimum atomic E-state index is -1.08. The van der Waals surface area contributed by atoms with E-state index in [0.717, 1.165) is 0 Å². The zero-order valence-corrected chi connectivity index (χ0v) is 9.81. The van der Waals surface area contributed by atoms with Crippen LogP contribution in [0.25, 0.3) is 0 Å². The van der Waals surface area contributed by atoms with Crippen LogP contribution in [-0.4, -0.2) is 56.8 Å². The number of aliphatic hydroxyl groups is 1. The van der Waals surface area contributed by atoms with Gasteiger partial charge in [0.15, 0.2) is 0 Å². The highest BCUT2D eigenvalue weighted by Crippen LogP contribution is 2.27. The van der Waals surface area contributed by atoms with Gasteiger partial charge in [-0.15, -0.1) is 11.8 Å². The van der Waals surface area contributed by atoms with Gasteiger partial charge in [0.2, 0.25) is 5.91 Å². The van der Waals surface area contributed by atoms with Crippen molar-refractivity contribution in [1.82, 2.24) is 4.90 Å². The van der Waals surface area contributed by atoms with Crippen molar-refractivity contribution in [2.45, 2.75) is 30.9 Å². The molecule has 1 fully saturated rings. The van der Waals surface area contributed by atoms with Crippen molar-refractivity contribution in [2.24, 2.45) is 5.73 Å². The van der Waals surface area contributed by atoms with E-state index in [1.54, 1.807) is 6.92 Å². The Morgan fingerprint density at radius 3 is 2.81 bits per heavy atom. The fourth-order valence-corrected chi connectivity index (χ4v) is 2.72. The topological polar surface area (TPSA) is 104 Å². The maximum Gasteiger partial charge on any atom is 0.321 e. The van der Waals surface area contributed by atoms with Crippen molar-refractivity contribution in [1.29, 1.82) is 0 Å². The molecule has 1 saturated heterocycles. The Balaban J connectivity index is 2.45. The molecule has 4 N–H and O–H groups in total. The Morgan fingerprint density at radius 1 is 1.75 bits per heavy atom. The first-order chi connectivity index (χ1) is 7.47. The summed E-state index contributed by atoms with van der Waals surface area (Å²) in [6.07, 6.45) is -0.417. The normalized spacial score (nSPS) is 27.2. The van der Waals surface area contributed by atoms with E-state index in [2.05, 4.69) is 0 Å². The van der Waals surface area contributed by atoms with Gasteiger partial charge in [0, 0.05) is 18.7 Å². The largest absolute Gasteiger partial charge is 0.480 e. The van der Waals surface area contributed by atoms with Gasteiger partial charge in [-0.05, 0) is 6.92 Å². The van der Waals surface area contributed by atoms with Crippen LogP contribution in [0.4, 0.5) is 0 Å². The van der Waals surface area contributed by atoms with Gasteiger partial charge in [0.25, 0.3) is 0 Å². The first kappa shape index (κ1) is 13.3. The fourth-order valence-electron chi connectivity index (χ4n) is 1.55. The summed E-state index contributed by atoms with van der Waals surface area (Å²) >= 11 is 1.19. The molecular weight excluding hydrogens is 232 g/mol. The molecule has 16 heavy (non-hydrogen) atoms. The van der Waals surface area contributed by atoms with Gasteiger partial charge in [-0.1, -0.05) is 0 Å². The highest BCUT2D eigenvalue weighted by atomic mass is 32.2. The highest BCUT2D eigenvalue weighted by molar-refractivity contribution is 8.00. The molecule has 1 amide bonds. The number of nitrogens with zero attached hydrogens (tertiary/aromatic N) is 1. The third kappa shape index (κ3) is 2.87. The van der Waals surface area contributed by atoms with E-state index in [1.165, 1.54) is 16.7 Å². The summed E-state index contributed by atoms with van der Waals surface area (Å²) < 4.78 is 0. The number of hydrogen-bond donors (Lipinski definition) is 3. The Hall–Kier alpha value is -0.790. The van der Waals surface area contributed by atoms with Crippen molar-refractivity contribution in [3.63, 3.8) is 0 Å². The molecule has 0 saturated carbocycles. The van der Waals surface area contributed by atoms with Crippen molar-refractivity contribution in [3.8, 4) is 0 Å². The third-order valence-electron chi connectivity index (χ3n) is 2.48. The number of carboxylic acid groups (broad SMARTS) is 1. The average molecular weight is 248 g/mol. The van der Waals surface area contributed by atoms with E-state index in [9.17, 15) is 14.7 Å². The summed E-state index contributed by atoms with van der Waals surface area (Å²) in [7, 11) is 0. The molecule has 0 spiro atoms. The Kier molecular flexibility index (Phi) is 4.57. The molecule has 6 nitrogen and oxygen atoms in total. The molecule has 1 rings (SSSR count). The third-order valence-corrected chi connectivity index (χ3v) is 3.83. The first-order valence-electron chi connectivity index (χ1n) is 5.06.